The van der Waals surface area contributed by atoms with Gasteiger partial charge in [-0.25, -0.2) is 0 Å². The van der Waals surface area contributed by atoms with Crippen molar-refractivity contribution in [3.8, 4) is 0 Å². The van der Waals surface area contributed by atoms with Crippen molar-refractivity contribution in [2.45, 2.75) is 19.9 Å². The van der Waals surface area contributed by atoms with Gasteiger partial charge in [-0.3, -0.25) is 0 Å². The van der Waals surface area contributed by atoms with E-state index in [1.54, 1.807) is 0 Å². The van der Waals surface area contributed by atoms with Crippen LogP contribution in [0.3, 0.4) is 0 Å². The van der Waals surface area contributed by atoms with Crippen molar-refractivity contribution in [2.24, 2.45) is 0 Å². The third-order valence-corrected chi connectivity index (χ3v) is 3.09. The average molecular weight is 211 g/mol. The Hall–Kier alpha value is -0.890. The molecule has 0 saturated heterocycles. The Balaban J connectivity index is 2.54. The minimum Gasteiger partial charge on any atom is -0.381 e. The third-order valence-electron chi connectivity index (χ3n) is 2.87. The minimum absolute atomic E-state index is 0.530. The van der Waals surface area contributed by atoms with Gasteiger partial charge in [0, 0.05) is 24.7 Å². The summed E-state index contributed by atoms with van der Waals surface area (Å²) in [4.78, 5) is 2.30. The highest BCUT2D eigenvalue weighted by atomic mass is 35.5. The number of likely N-dealkylation sites (N-methyl/N-ethyl adjacent to an activating group) is 1. The first kappa shape index (κ1) is 9.66. The summed E-state index contributed by atoms with van der Waals surface area (Å²) in [6.07, 6.45) is 0. The number of aryl methyl sites for hydroxylation is 1. The van der Waals surface area contributed by atoms with E-state index in [1.165, 1.54) is 11.3 Å². The van der Waals surface area contributed by atoms with E-state index in [4.69, 9.17) is 11.6 Å². The summed E-state index contributed by atoms with van der Waals surface area (Å²) in [5.74, 6) is 0. The molecular formula is C11H15ClN2. The number of fused-ring (bicyclic) bond motifs is 1. The highest BCUT2D eigenvalue weighted by molar-refractivity contribution is 6.31. The van der Waals surface area contributed by atoms with Crippen LogP contribution in [0.5, 0.6) is 0 Å². The first-order valence-corrected chi connectivity index (χ1v) is 5.24. The summed E-state index contributed by atoms with van der Waals surface area (Å²) < 4.78 is 0. The van der Waals surface area contributed by atoms with Crippen LogP contribution >= 0.6 is 11.6 Å². The molecule has 0 aromatic heterocycles. The van der Waals surface area contributed by atoms with Gasteiger partial charge in [-0.15, -0.1) is 0 Å². The summed E-state index contributed by atoms with van der Waals surface area (Å²) >= 11 is 6.01. The Bertz CT molecular complexity index is 363. The lowest BCUT2D eigenvalue weighted by molar-refractivity contribution is 0.697. The van der Waals surface area contributed by atoms with Crippen molar-refractivity contribution in [3.63, 3.8) is 0 Å². The Morgan fingerprint density at radius 2 is 2.21 bits per heavy atom. The minimum atomic E-state index is 0.530. The molecule has 0 bridgehead atoms. The third kappa shape index (κ3) is 1.44. The SMILES string of the molecule is Cc1cc(Cl)cc2c1N(C)C(C)CN2. The zero-order chi connectivity index (χ0) is 10.3. The number of anilines is 2. The molecule has 14 heavy (non-hydrogen) atoms. The van der Waals surface area contributed by atoms with Gasteiger partial charge in [0.15, 0.2) is 0 Å². The van der Waals surface area contributed by atoms with E-state index in [0.717, 1.165) is 17.3 Å². The first-order chi connectivity index (χ1) is 6.59. The van der Waals surface area contributed by atoms with E-state index in [1.807, 2.05) is 12.1 Å². The summed E-state index contributed by atoms with van der Waals surface area (Å²) in [5.41, 5.74) is 3.65. The molecule has 0 amide bonds. The number of halogens is 1. The maximum Gasteiger partial charge on any atom is 0.0633 e. The predicted octanol–water partition coefficient (Wildman–Crippen LogP) is 2.90. The second-order valence-corrected chi connectivity index (χ2v) is 4.40. The van der Waals surface area contributed by atoms with Crippen molar-refractivity contribution >= 4 is 23.0 Å². The molecule has 1 aromatic rings. The number of nitrogens with one attached hydrogen (secondary N) is 1. The monoisotopic (exact) mass is 210 g/mol. The smallest absolute Gasteiger partial charge is 0.0633 e. The van der Waals surface area contributed by atoms with Gasteiger partial charge in [-0.1, -0.05) is 11.6 Å². The highest BCUT2D eigenvalue weighted by Crippen LogP contribution is 2.35. The molecule has 1 N–H and O–H groups in total. The molecule has 1 aromatic carbocycles. The molecule has 0 fully saturated rings. The first-order valence-electron chi connectivity index (χ1n) is 4.86. The average Bonchev–Trinajstić information content (AvgIpc) is 2.10. The molecule has 3 heteroatoms. The second-order valence-electron chi connectivity index (χ2n) is 3.96. The second kappa shape index (κ2) is 3.35. The molecule has 0 spiro atoms. The fourth-order valence-corrected chi connectivity index (χ4v) is 2.23. The normalized spacial score (nSPS) is 20.3. The predicted molar refractivity (Wildman–Crippen MR) is 62.5 cm³/mol. The van der Waals surface area contributed by atoms with E-state index >= 15 is 0 Å². The lowest BCUT2D eigenvalue weighted by Gasteiger charge is -2.36. The molecule has 1 aliphatic heterocycles. The van der Waals surface area contributed by atoms with Gasteiger partial charge >= 0.3 is 0 Å². The van der Waals surface area contributed by atoms with Gasteiger partial charge in [0.1, 0.15) is 0 Å². The molecule has 2 nitrogen and oxygen atoms in total. The Labute approximate surface area is 89.9 Å². The molecule has 1 heterocycles. The zero-order valence-electron chi connectivity index (χ0n) is 8.76. The molecule has 76 valence electrons. The number of nitrogens with zero attached hydrogens (tertiary/aromatic N) is 1. The van der Waals surface area contributed by atoms with Gasteiger partial charge in [-0.2, -0.15) is 0 Å². The van der Waals surface area contributed by atoms with Crippen LogP contribution in [-0.2, 0) is 0 Å². The zero-order valence-corrected chi connectivity index (χ0v) is 9.52. The van der Waals surface area contributed by atoms with Crippen molar-refractivity contribution < 1.29 is 0 Å². The number of hydrogen-bond acceptors (Lipinski definition) is 2. The molecule has 2 rings (SSSR count). The summed E-state index contributed by atoms with van der Waals surface area (Å²) in [7, 11) is 2.13. The number of rotatable bonds is 0. The molecule has 0 radical (unpaired) electrons. The topological polar surface area (TPSA) is 15.3 Å². The highest BCUT2D eigenvalue weighted by Gasteiger charge is 2.21. The van der Waals surface area contributed by atoms with Crippen LogP contribution in [0.1, 0.15) is 12.5 Å². The van der Waals surface area contributed by atoms with Crippen molar-refractivity contribution in [1.82, 2.24) is 0 Å². The van der Waals surface area contributed by atoms with E-state index < -0.39 is 0 Å². The molecular weight excluding hydrogens is 196 g/mol. The fourth-order valence-electron chi connectivity index (χ4n) is 1.95. The summed E-state index contributed by atoms with van der Waals surface area (Å²) in [5, 5.41) is 4.20. The van der Waals surface area contributed by atoms with Crippen LogP contribution in [0, 0.1) is 6.92 Å². The quantitative estimate of drug-likeness (QED) is 0.709. The van der Waals surface area contributed by atoms with Gasteiger partial charge in [0.25, 0.3) is 0 Å². The standard InChI is InChI=1S/C11H15ClN2/c1-7-4-9(12)5-10-11(7)14(3)8(2)6-13-10/h4-5,8,13H,6H2,1-3H3. The van der Waals surface area contributed by atoms with Crippen molar-refractivity contribution in [1.29, 1.82) is 0 Å². The van der Waals surface area contributed by atoms with Crippen molar-refractivity contribution in [3.05, 3.63) is 22.7 Å². The number of hydrogen-bond donors (Lipinski definition) is 1. The summed E-state index contributed by atoms with van der Waals surface area (Å²) in [6.45, 7) is 5.29. The van der Waals surface area contributed by atoms with Crippen LogP contribution in [0.2, 0.25) is 5.02 Å². The largest absolute Gasteiger partial charge is 0.381 e. The number of benzene rings is 1. The van der Waals surface area contributed by atoms with Crippen LogP contribution < -0.4 is 10.2 Å². The van der Waals surface area contributed by atoms with E-state index in [0.29, 0.717) is 6.04 Å². The molecule has 1 aliphatic rings. The van der Waals surface area contributed by atoms with E-state index in [2.05, 4.69) is 31.1 Å². The lowest BCUT2D eigenvalue weighted by atomic mass is 10.1. The Morgan fingerprint density at radius 1 is 1.50 bits per heavy atom. The van der Waals surface area contributed by atoms with E-state index in [9.17, 15) is 0 Å². The Morgan fingerprint density at radius 3 is 2.93 bits per heavy atom. The van der Waals surface area contributed by atoms with Crippen LogP contribution in [0.25, 0.3) is 0 Å². The lowest BCUT2D eigenvalue weighted by Crippen LogP contribution is -2.39. The van der Waals surface area contributed by atoms with Gasteiger partial charge in [0.05, 0.1) is 11.4 Å². The molecule has 0 saturated carbocycles. The summed E-state index contributed by atoms with van der Waals surface area (Å²) in [6, 6.07) is 4.53. The van der Waals surface area contributed by atoms with E-state index in [-0.39, 0.29) is 0 Å². The maximum atomic E-state index is 6.01. The van der Waals surface area contributed by atoms with Crippen LogP contribution in [-0.4, -0.2) is 19.6 Å². The fraction of sp³-hybridized carbons (Fsp3) is 0.455. The van der Waals surface area contributed by atoms with Gasteiger partial charge < -0.3 is 10.2 Å². The maximum absolute atomic E-state index is 6.01. The molecule has 1 atom stereocenters. The molecule has 0 aliphatic carbocycles. The van der Waals surface area contributed by atoms with Crippen LogP contribution in [0.4, 0.5) is 11.4 Å². The van der Waals surface area contributed by atoms with Gasteiger partial charge in [0.2, 0.25) is 0 Å². The van der Waals surface area contributed by atoms with Crippen molar-refractivity contribution in [2.75, 3.05) is 23.8 Å². The van der Waals surface area contributed by atoms with Crippen LogP contribution in [0.15, 0.2) is 12.1 Å². The molecule has 1 unspecified atom stereocenters. The Kier molecular flexibility index (Phi) is 2.31. The van der Waals surface area contributed by atoms with Gasteiger partial charge in [-0.05, 0) is 31.5 Å².